The fraction of sp³-hybridized carbons (Fsp3) is 0.412. The first kappa shape index (κ1) is 29.6. The van der Waals surface area contributed by atoms with Crippen LogP contribution in [-0.4, -0.2) is 69.3 Å². The molecule has 3 aromatic rings. The van der Waals surface area contributed by atoms with E-state index in [1.54, 1.807) is 21.3 Å². The molecule has 0 amide bonds. The number of ketones is 1. The van der Waals surface area contributed by atoms with E-state index in [0.29, 0.717) is 17.2 Å². The van der Waals surface area contributed by atoms with Crippen molar-refractivity contribution in [1.29, 1.82) is 0 Å². The van der Waals surface area contributed by atoms with Crippen LogP contribution in [0.4, 0.5) is 0 Å². The summed E-state index contributed by atoms with van der Waals surface area (Å²) in [6.45, 7) is 5.26. The number of likely N-dealkylation sites (N-methyl/N-ethyl adjacent to an activating group) is 1. The van der Waals surface area contributed by atoms with Crippen LogP contribution in [0.5, 0.6) is 17.2 Å². The van der Waals surface area contributed by atoms with Crippen LogP contribution in [0.2, 0.25) is 0 Å². The first-order valence-electron chi connectivity index (χ1n) is 14.2. The van der Waals surface area contributed by atoms with Crippen LogP contribution in [0.25, 0.3) is 0 Å². The van der Waals surface area contributed by atoms with Gasteiger partial charge in [0.2, 0.25) is 0 Å². The normalized spacial score (nSPS) is 25.6. The average molecular weight is 574 g/mol. The summed E-state index contributed by atoms with van der Waals surface area (Å²) < 4.78 is 29.9. The Morgan fingerprint density at radius 3 is 1.36 bits per heavy atom. The highest BCUT2D eigenvalue weighted by Gasteiger charge is 2.62. The molecule has 3 aromatic carbocycles. The number of carbonyl (C=O) groups excluding carboxylic acids is 2. The van der Waals surface area contributed by atoms with Crippen molar-refractivity contribution in [2.45, 2.75) is 50.7 Å². The molecule has 0 radical (unpaired) electrons. The lowest BCUT2D eigenvalue weighted by Gasteiger charge is -2.42. The van der Waals surface area contributed by atoms with Gasteiger partial charge in [-0.25, -0.2) is 0 Å². The number of esters is 1. The van der Waals surface area contributed by atoms with Gasteiger partial charge in [-0.1, -0.05) is 50.2 Å². The van der Waals surface area contributed by atoms with E-state index >= 15 is 0 Å². The molecule has 2 aliphatic rings. The summed E-state index contributed by atoms with van der Waals surface area (Å²) in [6, 6.07) is 22.7. The number of nitrogens with zero attached hydrogens (tertiary/aromatic N) is 1. The Bertz CT molecular complexity index is 1290. The Labute approximate surface area is 247 Å². The molecule has 5 rings (SSSR count). The SMILES string of the molecule is COc1ccc(C(O[C@H]2[C@@H](OC(C)=O)[C@@H]3C(C)C(=O)C(C)[C@H]2N3C)(c2ccc(OC)cc2)c2ccc(OC)cc2)cc1. The third-order valence-electron chi connectivity index (χ3n) is 8.96. The maximum absolute atomic E-state index is 13.4. The molecule has 0 saturated carbocycles. The molecular formula is C34H39NO7. The lowest BCUT2D eigenvalue weighted by molar-refractivity contribution is -0.161. The number of piperidine rings is 1. The number of hydrogen-bond acceptors (Lipinski definition) is 8. The fourth-order valence-electron chi connectivity index (χ4n) is 6.93. The molecule has 2 bridgehead atoms. The van der Waals surface area contributed by atoms with Gasteiger partial charge in [0.25, 0.3) is 0 Å². The number of benzene rings is 3. The van der Waals surface area contributed by atoms with Crippen LogP contribution in [0.1, 0.15) is 37.5 Å². The van der Waals surface area contributed by atoms with Crippen LogP contribution in [0.15, 0.2) is 72.8 Å². The zero-order valence-electron chi connectivity index (χ0n) is 25.2. The highest BCUT2D eigenvalue weighted by molar-refractivity contribution is 5.86. The number of ether oxygens (including phenoxy) is 5. The lowest BCUT2D eigenvalue weighted by atomic mass is 9.79. The van der Waals surface area contributed by atoms with Crippen molar-refractivity contribution < 1.29 is 33.3 Å². The number of rotatable bonds is 9. The second-order valence-electron chi connectivity index (χ2n) is 11.1. The van der Waals surface area contributed by atoms with Crippen molar-refractivity contribution >= 4 is 11.8 Å². The highest BCUT2D eigenvalue weighted by atomic mass is 16.6. The summed E-state index contributed by atoms with van der Waals surface area (Å²) in [5.41, 5.74) is 1.36. The second-order valence-corrected chi connectivity index (χ2v) is 11.1. The monoisotopic (exact) mass is 573 g/mol. The molecule has 2 saturated heterocycles. The molecule has 42 heavy (non-hydrogen) atoms. The van der Waals surface area contributed by atoms with Crippen molar-refractivity contribution in [3.05, 3.63) is 89.5 Å². The van der Waals surface area contributed by atoms with E-state index in [0.717, 1.165) is 16.7 Å². The Morgan fingerprint density at radius 2 is 1.02 bits per heavy atom. The zero-order chi connectivity index (χ0) is 30.2. The van der Waals surface area contributed by atoms with Crippen molar-refractivity contribution in [1.82, 2.24) is 4.90 Å². The standard InChI is InChI=1S/C34H39NO7/c1-20-29-32(41-22(3)36)33(30(35(29)4)21(2)31(20)37)42-34(23-8-14-26(38-5)15-9-23,24-10-16-27(39-6)17-11-24)25-12-18-28(40-7)19-13-25/h8-21,29-30,32-33H,1-7H3/t20?,21?,29-,30+,32-,33+/m0/s1. The Hall–Kier alpha value is -3.88. The number of methoxy groups -OCH3 is 3. The van der Waals surface area contributed by atoms with Crippen LogP contribution in [-0.2, 0) is 24.7 Å². The van der Waals surface area contributed by atoms with Gasteiger partial charge in [0.15, 0.2) is 0 Å². The van der Waals surface area contributed by atoms with E-state index in [1.165, 1.54) is 6.92 Å². The Balaban J connectivity index is 1.77. The van der Waals surface area contributed by atoms with E-state index in [9.17, 15) is 9.59 Å². The van der Waals surface area contributed by atoms with Gasteiger partial charge in [0.1, 0.15) is 40.8 Å². The minimum atomic E-state index is -1.17. The second kappa shape index (κ2) is 11.8. The van der Waals surface area contributed by atoms with Gasteiger partial charge in [-0.3, -0.25) is 14.5 Å². The zero-order valence-corrected chi connectivity index (χ0v) is 25.2. The molecule has 0 N–H and O–H groups in total. The van der Waals surface area contributed by atoms with Crippen LogP contribution in [0.3, 0.4) is 0 Å². The third kappa shape index (κ3) is 4.92. The van der Waals surface area contributed by atoms with Gasteiger partial charge in [0, 0.05) is 24.8 Å². The van der Waals surface area contributed by atoms with E-state index in [1.807, 2.05) is 93.7 Å². The molecule has 8 nitrogen and oxygen atoms in total. The van der Waals surface area contributed by atoms with E-state index in [2.05, 4.69) is 4.90 Å². The number of carbonyl (C=O) groups is 2. The Morgan fingerprint density at radius 1 is 0.667 bits per heavy atom. The van der Waals surface area contributed by atoms with Crippen molar-refractivity contribution in [2.24, 2.45) is 11.8 Å². The molecule has 2 fully saturated rings. The summed E-state index contributed by atoms with van der Waals surface area (Å²) in [5.74, 6) is 1.21. The molecule has 0 aliphatic carbocycles. The predicted molar refractivity (Wildman–Crippen MR) is 158 cm³/mol. The van der Waals surface area contributed by atoms with E-state index in [-0.39, 0.29) is 29.7 Å². The number of hydrogen-bond donors (Lipinski definition) is 0. The summed E-state index contributed by atoms with van der Waals surface area (Å²) in [4.78, 5) is 28.1. The van der Waals surface area contributed by atoms with Crippen molar-refractivity contribution in [3.63, 3.8) is 0 Å². The third-order valence-corrected chi connectivity index (χ3v) is 8.96. The number of fused-ring (bicyclic) bond motifs is 2. The summed E-state index contributed by atoms with van der Waals surface area (Å²) in [7, 11) is 6.88. The lowest BCUT2D eigenvalue weighted by Crippen LogP contribution is -2.53. The maximum Gasteiger partial charge on any atom is 0.303 e. The van der Waals surface area contributed by atoms with Gasteiger partial charge in [-0.05, 0) is 60.1 Å². The fourth-order valence-corrected chi connectivity index (χ4v) is 6.93. The summed E-state index contributed by atoms with van der Waals surface area (Å²) in [5, 5.41) is 0. The molecule has 0 aromatic heterocycles. The van der Waals surface area contributed by atoms with Crippen molar-refractivity contribution in [2.75, 3.05) is 28.4 Å². The average Bonchev–Trinajstić information content (AvgIpc) is 3.24. The molecular weight excluding hydrogens is 534 g/mol. The molecule has 8 heteroatoms. The van der Waals surface area contributed by atoms with E-state index in [4.69, 9.17) is 23.7 Å². The smallest absolute Gasteiger partial charge is 0.303 e. The largest absolute Gasteiger partial charge is 0.497 e. The molecule has 6 atom stereocenters. The topological polar surface area (TPSA) is 83.5 Å². The van der Waals surface area contributed by atoms with Crippen LogP contribution >= 0.6 is 0 Å². The summed E-state index contributed by atoms with van der Waals surface area (Å²) >= 11 is 0. The Kier molecular flexibility index (Phi) is 8.30. The van der Waals surface area contributed by atoms with E-state index < -0.39 is 23.8 Å². The van der Waals surface area contributed by atoms with Gasteiger partial charge in [-0.2, -0.15) is 0 Å². The molecule has 0 spiro atoms. The predicted octanol–water partition coefficient (Wildman–Crippen LogP) is 4.86. The van der Waals surface area contributed by atoms with Gasteiger partial charge in [0.05, 0.1) is 27.4 Å². The molecule has 2 unspecified atom stereocenters. The molecule has 222 valence electrons. The maximum atomic E-state index is 13.4. The minimum Gasteiger partial charge on any atom is -0.497 e. The first-order valence-corrected chi connectivity index (χ1v) is 14.2. The molecule has 2 heterocycles. The van der Waals surface area contributed by atoms with Crippen LogP contribution in [0, 0.1) is 11.8 Å². The summed E-state index contributed by atoms with van der Waals surface area (Å²) in [6.07, 6.45) is -1.28. The van der Waals surface area contributed by atoms with Gasteiger partial charge >= 0.3 is 5.97 Å². The van der Waals surface area contributed by atoms with Gasteiger partial charge < -0.3 is 23.7 Å². The number of Topliss-reactive ketones (excluding diaryl/α,β-unsaturated/α-hetero) is 1. The quantitative estimate of drug-likeness (QED) is 0.265. The van der Waals surface area contributed by atoms with Crippen LogP contribution < -0.4 is 14.2 Å². The molecule has 2 aliphatic heterocycles. The minimum absolute atomic E-state index is 0.148. The van der Waals surface area contributed by atoms with Gasteiger partial charge in [-0.15, -0.1) is 0 Å². The van der Waals surface area contributed by atoms with Crippen molar-refractivity contribution in [3.8, 4) is 17.2 Å². The first-order chi connectivity index (χ1) is 20.2. The highest BCUT2D eigenvalue weighted by Crippen LogP contribution is 2.49.